The minimum atomic E-state index is 0.625. The third-order valence-corrected chi connectivity index (χ3v) is 4.13. The maximum atomic E-state index is 5.94. The minimum absolute atomic E-state index is 0.625. The lowest BCUT2D eigenvalue weighted by molar-refractivity contribution is 0.262. The Morgan fingerprint density at radius 1 is 1.57 bits per heavy atom. The van der Waals surface area contributed by atoms with Crippen LogP contribution >= 0.6 is 23.2 Å². The van der Waals surface area contributed by atoms with E-state index in [0.29, 0.717) is 6.04 Å². The van der Waals surface area contributed by atoms with E-state index in [-0.39, 0.29) is 0 Å². The molecule has 0 aromatic rings. The molecule has 0 amide bonds. The maximum absolute atomic E-state index is 5.94. The summed E-state index contributed by atoms with van der Waals surface area (Å²) in [5.41, 5.74) is 1.47. The van der Waals surface area contributed by atoms with Gasteiger partial charge in [0.1, 0.15) is 0 Å². The van der Waals surface area contributed by atoms with Gasteiger partial charge >= 0.3 is 0 Å². The molecule has 2 heterocycles. The molecule has 0 aliphatic carbocycles. The smallest absolute Gasteiger partial charge is 0.0434 e. The van der Waals surface area contributed by atoms with Gasteiger partial charge in [-0.1, -0.05) is 23.2 Å². The van der Waals surface area contributed by atoms with Crippen molar-refractivity contribution in [2.75, 3.05) is 26.2 Å². The van der Waals surface area contributed by atoms with Gasteiger partial charge in [-0.05, 0) is 31.8 Å². The van der Waals surface area contributed by atoms with Gasteiger partial charge in [0.2, 0.25) is 0 Å². The SMILES string of the molecule is CC1C2CNCC2CN1CC(Cl)=CCl. The molecule has 1 N–H and O–H groups in total. The highest BCUT2D eigenvalue weighted by atomic mass is 35.5. The standard InChI is InChI=1S/C10H16Cl2N2/c1-7-10-4-13-3-8(10)5-14(7)6-9(12)2-11/h2,7-8,10,13H,3-6H2,1H3. The molecular weight excluding hydrogens is 219 g/mol. The summed E-state index contributed by atoms with van der Waals surface area (Å²) in [6.45, 7) is 6.56. The average Bonchev–Trinajstić information content (AvgIpc) is 2.72. The lowest BCUT2D eigenvalue weighted by Gasteiger charge is -2.23. The number of hydrogen-bond donors (Lipinski definition) is 1. The second kappa shape index (κ2) is 4.40. The fourth-order valence-corrected chi connectivity index (χ4v) is 2.92. The highest BCUT2D eigenvalue weighted by Gasteiger charge is 2.41. The normalized spacial score (nSPS) is 39.1. The quantitative estimate of drug-likeness (QED) is 0.785. The van der Waals surface area contributed by atoms with Crippen LogP contribution in [-0.2, 0) is 0 Å². The molecule has 2 saturated heterocycles. The van der Waals surface area contributed by atoms with Crippen LogP contribution < -0.4 is 5.32 Å². The number of likely N-dealkylation sites (tertiary alicyclic amines) is 1. The van der Waals surface area contributed by atoms with Crippen molar-refractivity contribution in [2.45, 2.75) is 13.0 Å². The Hall–Kier alpha value is 0.240. The summed E-state index contributed by atoms with van der Waals surface area (Å²) in [6, 6.07) is 0.625. The number of fused-ring (bicyclic) bond motifs is 1. The van der Waals surface area contributed by atoms with E-state index in [1.165, 1.54) is 5.54 Å². The third-order valence-electron chi connectivity index (χ3n) is 3.53. The van der Waals surface area contributed by atoms with Gasteiger partial charge in [-0.2, -0.15) is 0 Å². The molecule has 2 aliphatic rings. The van der Waals surface area contributed by atoms with Crippen molar-refractivity contribution in [3.8, 4) is 0 Å². The zero-order valence-electron chi connectivity index (χ0n) is 8.34. The Kier molecular flexibility index (Phi) is 3.38. The molecule has 14 heavy (non-hydrogen) atoms. The second-order valence-corrected chi connectivity index (χ2v) is 5.01. The molecule has 0 spiro atoms. The van der Waals surface area contributed by atoms with Gasteiger partial charge in [-0.3, -0.25) is 4.90 Å². The van der Waals surface area contributed by atoms with E-state index in [4.69, 9.17) is 23.2 Å². The lowest BCUT2D eigenvalue weighted by atomic mass is 9.95. The van der Waals surface area contributed by atoms with Gasteiger partial charge in [0.05, 0.1) is 0 Å². The Bertz CT molecular complexity index is 242. The molecule has 0 aromatic heterocycles. The summed E-state index contributed by atoms with van der Waals surface area (Å²) < 4.78 is 0. The van der Waals surface area contributed by atoms with E-state index in [1.807, 2.05) is 0 Å². The second-order valence-electron chi connectivity index (χ2n) is 4.31. The highest BCUT2D eigenvalue weighted by Crippen LogP contribution is 2.32. The summed E-state index contributed by atoms with van der Waals surface area (Å²) >= 11 is 11.5. The van der Waals surface area contributed by atoms with E-state index in [9.17, 15) is 0 Å². The molecule has 2 aliphatic heterocycles. The van der Waals surface area contributed by atoms with Crippen molar-refractivity contribution in [1.29, 1.82) is 0 Å². The molecule has 0 saturated carbocycles. The molecule has 2 rings (SSSR count). The highest BCUT2D eigenvalue weighted by molar-refractivity contribution is 6.36. The maximum Gasteiger partial charge on any atom is 0.0434 e. The van der Waals surface area contributed by atoms with Crippen molar-refractivity contribution in [2.24, 2.45) is 11.8 Å². The van der Waals surface area contributed by atoms with Crippen molar-refractivity contribution in [3.63, 3.8) is 0 Å². The molecular formula is C10H16Cl2N2. The van der Waals surface area contributed by atoms with Crippen molar-refractivity contribution < 1.29 is 0 Å². The van der Waals surface area contributed by atoms with Crippen LogP contribution in [0.3, 0.4) is 0 Å². The van der Waals surface area contributed by atoms with Crippen LogP contribution in [0.1, 0.15) is 6.92 Å². The summed E-state index contributed by atoms with van der Waals surface area (Å²) in [7, 11) is 0. The van der Waals surface area contributed by atoms with Gasteiger partial charge in [0.25, 0.3) is 0 Å². The molecule has 2 nitrogen and oxygen atoms in total. The van der Waals surface area contributed by atoms with Crippen LogP contribution in [0.25, 0.3) is 0 Å². The van der Waals surface area contributed by atoms with Gasteiger partial charge in [-0.25, -0.2) is 0 Å². The average molecular weight is 235 g/mol. The zero-order valence-corrected chi connectivity index (χ0v) is 9.85. The fourth-order valence-electron chi connectivity index (χ4n) is 2.69. The number of nitrogens with one attached hydrogen (secondary N) is 1. The van der Waals surface area contributed by atoms with E-state index in [1.54, 1.807) is 0 Å². The first-order valence-electron chi connectivity index (χ1n) is 5.12. The minimum Gasteiger partial charge on any atom is -0.316 e. The van der Waals surface area contributed by atoms with Crippen molar-refractivity contribution >= 4 is 23.2 Å². The third kappa shape index (κ3) is 1.94. The van der Waals surface area contributed by atoms with Gasteiger partial charge in [-0.15, -0.1) is 0 Å². The first kappa shape index (κ1) is 10.7. The van der Waals surface area contributed by atoms with Gasteiger partial charge in [0, 0.05) is 29.7 Å². The monoisotopic (exact) mass is 234 g/mol. The summed E-state index contributed by atoms with van der Waals surface area (Å²) in [5.74, 6) is 1.61. The fraction of sp³-hybridized carbons (Fsp3) is 0.800. The molecule has 0 bridgehead atoms. The number of halogens is 2. The zero-order chi connectivity index (χ0) is 10.1. The first-order valence-corrected chi connectivity index (χ1v) is 5.93. The van der Waals surface area contributed by atoms with E-state index < -0.39 is 0 Å². The van der Waals surface area contributed by atoms with Crippen LogP contribution in [0.2, 0.25) is 0 Å². The van der Waals surface area contributed by atoms with E-state index in [0.717, 1.165) is 43.0 Å². The van der Waals surface area contributed by atoms with Crippen LogP contribution in [0.15, 0.2) is 10.6 Å². The molecule has 2 fully saturated rings. The van der Waals surface area contributed by atoms with Crippen molar-refractivity contribution in [1.82, 2.24) is 10.2 Å². The van der Waals surface area contributed by atoms with Gasteiger partial charge in [0.15, 0.2) is 0 Å². The Morgan fingerprint density at radius 2 is 2.36 bits per heavy atom. The summed E-state index contributed by atoms with van der Waals surface area (Å²) in [6.07, 6.45) is 0. The molecule has 0 aromatic carbocycles. The summed E-state index contributed by atoms with van der Waals surface area (Å²) in [5, 5.41) is 4.18. The first-order chi connectivity index (χ1) is 6.72. The van der Waals surface area contributed by atoms with Crippen LogP contribution in [0, 0.1) is 11.8 Å². The largest absolute Gasteiger partial charge is 0.316 e. The molecule has 3 unspecified atom stereocenters. The predicted octanol–water partition coefficient (Wildman–Crippen LogP) is 1.85. The number of hydrogen-bond acceptors (Lipinski definition) is 2. The summed E-state index contributed by atoms with van der Waals surface area (Å²) in [4.78, 5) is 2.43. The predicted molar refractivity (Wildman–Crippen MR) is 60.7 cm³/mol. The van der Waals surface area contributed by atoms with E-state index >= 15 is 0 Å². The Labute approximate surface area is 95.2 Å². The van der Waals surface area contributed by atoms with Crippen LogP contribution in [-0.4, -0.2) is 37.1 Å². The Balaban J connectivity index is 1.96. The molecule has 4 heteroatoms. The molecule has 80 valence electrons. The topological polar surface area (TPSA) is 15.3 Å². The molecule has 0 radical (unpaired) electrons. The molecule has 3 atom stereocenters. The number of nitrogens with zero attached hydrogens (tertiary/aromatic N) is 1. The Morgan fingerprint density at radius 3 is 3.00 bits per heavy atom. The van der Waals surface area contributed by atoms with Crippen LogP contribution in [0.5, 0.6) is 0 Å². The van der Waals surface area contributed by atoms with E-state index in [2.05, 4.69) is 17.1 Å². The van der Waals surface area contributed by atoms with Crippen molar-refractivity contribution in [3.05, 3.63) is 10.6 Å². The number of rotatable bonds is 2. The lowest BCUT2D eigenvalue weighted by Crippen LogP contribution is -2.34. The van der Waals surface area contributed by atoms with Crippen LogP contribution in [0.4, 0.5) is 0 Å². The van der Waals surface area contributed by atoms with Gasteiger partial charge < -0.3 is 5.32 Å².